The van der Waals surface area contributed by atoms with E-state index in [9.17, 15) is 18.0 Å². The van der Waals surface area contributed by atoms with Crippen LogP contribution in [-0.4, -0.2) is 14.5 Å². The van der Waals surface area contributed by atoms with E-state index in [2.05, 4.69) is 20.6 Å². The number of aromatic amines is 1. The Labute approximate surface area is 225 Å². The summed E-state index contributed by atoms with van der Waals surface area (Å²) >= 11 is 7.03. The third-order valence-electron chi connectivity index (χ3n) is 6.05. The van der Waals surface area contributed by atoms with Crippen molar-refractivity contribution in [1.82, 2.24) is 14.5 Å². The first-order valence-corrected chi connectivity index (χ1v) is 12.9. The molecule has 0 saturated carbocycles. The van der Waals surface area contributed by atoms with Gasteiger partial charge < -0.3 is 14.3 Å². The summed E-state index contributed by atoms with van der Waals surface area (Å²) in [4.78, 5) is 20.0. The monoisotopic (exact) mass is 555 g/mol. The fourth-order valence-corrected chi connectivity index (χ4v) is 5.05. The minimum atomic E-state index is -4.57. The molecular formula is C28H21ClF3N3O2S. The summed E-state index contributed by atoms with van der Waals surface area (Å²) in [7, 11) is 1.98. The maximum Gasteiger partial charge on any atom is 0.417 e. The minimum Gasteiger partial charge on any atom is -0.457 e. The lowest BCUT2D eigenvalue weighted by Gasteiger charge is -2.12. The maximum atomic E-state index is 13.1. The number of aromatic nitrogens is 3. The molecule has 0 saturated heterocycles. The van der Waals surface area contributed by atoms with E-state index >= 15 is 0 Å². The van der Waals surface area contributed by atoms with Gasteiger partial charge in [-0.25, -0.2) is 4.98 Å². The second-order valence-corrected chi connectivity index (χ2v) is 10.0. The van der Waals surface area contributed by atoms with E-state index in [-0.39, 0.29) is 16.3 Å². The molecule has 3 aromatic carbocycles. The van der Waals surface area contributed by atoms with Crippen LogP contribution >= 0.6 is 23.4 Å². The number of rotatable bonds is 7. The van der Waals surface area contributed by atoms with E-state index in [1.54, 1.807) is 30.5 Å². The quantitative estimate of drug-likeness (QED) is 0.166. The molecule has 5 aromatic rings. The van der Waals surface area contributed by atoms with Gasteiger partial charge in [0, 0.05) is 42.2 Å². The number of nitrogens with one attached hydrogen (secondary N) is 1. The van der Waals surface area contributed by atoms with Gasteiger partial charge in [-0.15, -0.1) is 0 Å². The molecule has 0 unspecified atom stereocenters. The standard InChI is InChI=1S/C28H21ClF3N3O2S/c1-35-20(12-18-4-2-3-5-25(18)35)13-19-15-33-27(34-26(19)36)38-16-17-6-8-21(9-7-17)37-22-10-11-24(29)23(14-22)28(30,31)32/h2-12,14-15H,13,16H2,1H3,(H,33,34,36). The van der Waals surface area contributed by atoms with Crippen LogP contribution < -0.4 is 10.3 Å². The number of benzene rings is 3. The molecule has 38 heavy (non-hydrogen) atoms. The summed E-state index contributed by atoms with van der Waals surface area (Å²) in [6.07, 6.45) is -2.49. The third-order valence-corrected chi connectivity index (χ3v) is 7.34. The van der Waals surface area contributed by atoms with E-state index in [4.69, 9.17) is 16.3 Å². The second-order valence-electron chi connectivity index (χ2n) is 8.65. The predicted molar refractivity (Wildman–Crippen MR) is 143 cm³/mol. The number of thioether (sulfide) groups is 1. The summed E-state index contributed by atoms with van der Waals surface area (Å²) in [6, 6.07) is 20.5. The third kappa shape index (κ3) is 5.74. The van der Waals surface area contributed by atoms with Crippen molar-refractivity contribution in [2.45, 2.75) is 23.5 Å². The minimum absolute atomic E-state index is 0.0363. The summed E-state index contributed by atoms with van der Waals surface area (Å²) in [6.45, 7) is 0. The van der Waals surface area contributed by atoms with Gasteiger partial charge in [-0.05, 0) is 53.4 Å². The topological polar surface area (TPSA) is 59.9 Å². The number of hydrogen-bond acceptors (Lipinski definition) is 4. The van der Waals surface area contributed by atoms with Crippen molar-refractivity contribution >= 4 is 34.3 Å². The van der Waals surface area contributed by atoms with Crippen LogP contribution in [0.25, 0.3) is 10.9 Å². The molecule has 0 amide bonds. The van der Waals surface area contributed by atoms with E-state index < -0.39 is 11.7 Å². The number of fused-ring (bicyclic) bond motifs is 1. The summed E-state index contributed by atoms with van der Waals surface area (Å²) in [5, 5.41) is 1.24. The predicted octanol–water partition coefficient (Wildman–Crippen LogP) is 7.61. The molecule has 5 nitrogen and oxygen atoms in total. The molecule has 0 aliphatic rings. The Hall–Kier alpha value is -3.69. The number of H-pyrrole nitrogens is 1. The molecule has 10 heteroatoms. The molecule has 0 atom stereocenters. The van der Waals surface area contributed by atoms with Crippen LogP contribution in [0.5, 0.6) is 11.5 Å². The lowest BCUT2D eigenvalue weighted by atomic mass is 10.2. The van der Waals surface area contributed by atoms with E-state index in [0.717, 1.165) is 34.3 Å². The van der Waals surface area contributed by atoms with Crippen LogP contribution in [0.4, 0.5) is 13.2 Å². The fraction of sp³-hybridized carbons (Fsp3) is 0.143. The highest BCUT2D eigenvalue weighted by Crippen LogP contribution is 2.37. The summed E-state index contributed by atoms with van der Waals surface area (Å²) < 4.78 is 46.9. The Balaban J connectivity index is 1.21. The van der Waals surface area contributed by atoms with Crippen molar-refractivity contribution < 1.29 is 17.9 Å². The van der Waals surface area contributed by atoms with Crippen molar-refractivity contribution in [1.29, 1.82) is 0 Å². The molecular weight excluding hydrogens is 535 g/mol. The number of halogens is 4. The Kier molecular flexibility index (Phi) is 7.23. The molecule has 0 aliphatic heterocycles. The number of hydrogen-bond donors (Lipinski definition) is 1. The van der Waals surface area contributed by atoms with Crippen molar-refractivity contribution in [3.63, 3.8) is 0 Å². The van der Waals surface area contributed by atoms with Crippen LogP contribution in [0.2, 0.25) is 5.02 Å². The molecule has 2 heterocycles. The number of para-hydroxylation sites is 1. The normalized spacial score (nSPS) is 11.7. The Bertz CT molecular complexity index is 1660. The van der Waals surface area contributed by atoms with E-state index in [0.29, 0.717) is 28.6 Å². The van der Waals surface area contributed by atoms with Gasteiger partial charge in [0.2, 0.25) is 0 Å². The molecule has 1 N–H and O–H groups in total. The number of aryl methyl sites for hydroxylation is 1. The number of nitrogens with zero attached hydrogens (tertiary/aromatic N) is 2. The molecule has 0 fully saturated rings. The highest BCUT2D eigenvalue weighted by molar-refractivity contribution is 7.98. The highest BCUT2D eigenvalue weighted by atomic mass is 35.5. The Morgan fingerprint density at radius 3 is 2.47 bits per heavy atom. The SMILES string of the molecule is Cn1c(Cc2cnc(SCc3ccc(Oc4ccc(Cl)c(C(F)(F)F)c4)cc3)[nH]c2=O)cc2ccccc21. The summed E-state index contributed by atoms with van der Waals surface area (Å²) in [5.74, 6) is 0.956. The molecule has 194 valence electrons. The van der Waals surface area contributed by atoms with E-state index in [1.165, 1.54) is 17.8 Å². The van der Waals surface area contributed by atoms with Crippen LogP contribution in [0, 0.1) is 0 Å². The van der Waals surface area contributed by atoms with Crippen molar-refractivity contribution in [3.8, 4) is 11.5 Å². The van der Waals surface area contributed by atoms with Crippen LogP contribution in [0.15, 0.2) is 88.9 Å². The first-order chi connectivity index (χ1) is 18.2. The van der Waals surface area contributed by atoms with Gasteiger partial charge in [-0.3, -0.25) is 4.79 Å². The van der Waals surface area contributed by atoms with Crippen LogP contribution in [-0.2, 0) is 25.4 Å². The van der Waals surface area contributed by atoms with Gasteiger partial charge >= 0.3 is 6.18 Å². The number of alkyl halides is 3. The van der Waals surface area contributed by atoms with Gasteiger partial charge in [0.25, 0.3) is 5.56 Å². The van der Waals surface area contributed by atoms with Crippen LogP contribution in [0.3, 0.4) is 0 Å². The Morgan fingerprint density at radius 2 is 1.76 bits per heavy atom. The average molecular weight is 556 g/mol. The highest BCUT2D eigenvalue weighted by Gasteiger charge is 2.33. The first-order valence-electron chi connectivity index (χ1n) is 11.6. The van der Waals surface area contributed by atoms with Crippen molar-refractivity contribution in [3.05, 3.63) is 117 Å². The zero-order chi connectivity index (χ0) is 26.9. The van der Waals surface area contributed by atoms with Crippen molar-refractivity contribution in [2.75, 3.05) is 0 Å². The lowest BCUT2D eigenvalue weighted by Crippen LogP contribution is -2.15. The van der Waals surface area contributed by atoms with Crippen molar-refractivity contribution in [2.24, 2.45) is 7.05 Å². The van der Waals surface area contributed by atoms with Crippen LogP contribution in [0.1, 0.15) is 22.4 Å². The molecule has 5 rings (SSSR count). The fourth-order valence-electron chi connectivity index (χ4n) is 4.04. The van der Waals surface area contributed by atoms with Gasteiger partial charge in [-0.2, -0.15) is 13.2 Å². The Morgan fingerprint density at radius 1 is 1.03 bits per heavy atom. The van der Waals surface area contributed by atoms with Gasteiger partial charge in [0.05, 0.1) is 10.6 Å². The van der Waals surface area contributed by atoms with Gasteiger partial charge in [0.1, 0.15) is 11.5 Å². The average Bonchev–Trinajstić information content (AvgIpc) is 3.20. The maximum absolute atomic E-state index is 13.1. The zero-order valence-electron chi connectivity index (χ0n) is 20.1. The molecule has 0 bridgehead atoms. The van der Waals surface area contributed by atoms with Gasteiger partial charge in [-0.1, -0.05) is 53.7 Å². The van der Waals surface area contributed by atoms with E-state index in [1.807, 2.05) is 31.3 Å². The molecule has 0 radical (unpaired) electrons. The largest absolute Gasteiger partial charge is 0.457 e. The first kappa shape index (κ1) is 25.9. The second kappa shape index (κ2) is 10.6. The summed E-state index contributed by atoms with van der Waals surface area (Å²) in [5.41, 5.74) is 2.51. The molecule has 0 aliphatic carbocycles. The molecule has 2 aromatic heterocycles. The van der Waals surface area contributed by atoms with Gasteiger partial charge in [0.15, 0.2) is 5.16 Å². The lowest BCUT2D eigenvalue weighted by molar-refractivity contribution is -0.137. The molecule has 0 spiro atoms. The number of ether oxygens (including phenoxy) is 1. The smallest absolute Gasteiger partial charge is 0.417 e. The zero-order valence-corrected chi connectivity index (χ0v) is 21.6.